The first-order valence-corrected chi connectivity index (χ1v) is 11.2. The summed E-state index contributed by atoms with van der Waals surface area (Å²) >= 11 is 3.41. The van der Waals surface area contributed by atoms with E-state index in [0.29, 0.717) is 30.8 Å². The summed E-state index contributed by atoms with van der Waals surface area (Å²) in [5, 5.41) is 3.05. The van der Waals surface area contributed by atoms with E-state index >= 15 is 0 Å². The molecule has 1 unspecified atom stereocenters. The number of piperidine rings is 1. The second-order valence-electron chi connectivity index (χ2n) is 6.77. The Morgan fingerprint density at radius 1 is 1.07 bits per heavy atom. The summed E-state index contributed by atoms with van der Waals surface area (Å²) in [6.45, 7) is 2.68. The minimum absolute atomic E-state index is 0.0119. The standard InChI is InChI=1S/C20H23BrN2O3S/c1-15(16-7-9-18(21)10-8-16)22-20(24)17-11-13-23(14-12-17)27(25,26)19-5-3-2-4-6-19/h2-10,15,17H,11-14H2,1H3,(H,22,24). The van der Waals surface area contributed by atoms with Gasteiger partial charge in [-0.2, -0.15) is 4.31 Å². The Balaban J connectivity index is 1.57. The van der Waals surface area contributed by atoms with Gasteiger partial charge in [-0.05, 0) is 49.6 Å². The van der Waals surface area contributed by atoms with Crippen LogP contribution in [0.3, 0.4) is 0 Å². The molecule has 0 spiro atoms. The predicted octanol–water partition coefficient (Wildman–Crippen LogP) is 3.73. The highest BCUT2D eigenvalue weighted by Crippen LogP contribution is 2.25. The molecule has 1 aliphatic heterocycles. The molecule has 1 fully saturated rings. The monoisotopic (exact) mass is 450 g/mol. The van der Waals surface area contributed by atoms with E-state index in [2.05, 4.69) is 21.2 Å². The molecule has 0 radical (unpaired) electrons. The molecular formula is C20H23BrN2O3S. The molecule has 1 aliphatic rings. The number of rotatable bonds is 5. The number of sulfonamides is 1. The zero-order chi connectivity index (χ0) is 19.4. The number of carbonyl (C=O) groups excluding carboxylic acids is 1. The number of nitrogens with one attached hydrogen (secondary N) is 1. The van der Waals surface area contributed by atoms with E-state index in [0.717, 1.165) is 10.0 Å². The minimum atomic E-state index is -3.48. The molecule has 1 atom stereocenters. The van der Waals surface area contributed by atoms with Crippen molar-refractivity contribution in [3.05, 3.63) is 64.6 Å². The van der Waals surface area contributed by atoms with Crippen molar-refractivity contribution in [1.82, 2.24) is 9.62 Å². The third-order valence-electron chi connectivity index (χ3n) is 4.93. The van der Waals surface area contributed by atoms with Crippen LogP contribution >= 0.6 is 15.9 Å². The number of benzene rings is 2. The van der Waals surface area contributed by atoms with Gasteiger partial charge in [-0.25, -0.2) is 8.42 Å². The van der Waals surface area contributed by atoms with E-state index in [1.54, 1.807) is 30.3 Å². The zero-order valence-corrected chi connectivity index (χ0v) is 17.5. The van der Waals surface area contributed by atoms with Gasteiger partial charge in [-0.3, -0.25) is 4.79 Å². The summed E-state index contributed by atoms with van der Waals surface area (Å²) < 4.78 is 27.8. The molecule has 2 aromatic rings. The topological polar surface area (TPSA) is 66.5 Å². The Morgan fingerprint density at radius 3 is 2.26 bits per heavy atom. The molecule has 2 aromatic carbocycles. The number of hydrogen-bond donors (Lipinski definition) is 1. The zero-order valence-electron chi connectivity index (χ0n) is 15.1. The quantitative estimate of drug-likeness (QED) is 0.754. The van der Waals surface area contributed by atoms with Crippen LogP contribution in [-0.4, -0.2) is 31.7 Å². The number of nitrogens with zero attached hydrogens (tertiary/aromatic N) is 1. The minimum Gasteiger partial charge on any atom is -0.349 e. The molecule has 7 heteroatoms. The van der Waals surface area contributed by atoms with Crippen molar-refractivity contribution in [3.8, 4) is 0 Å². The molecule has 27 heavy (non-hydrogen) atoms. The van der Waals surface area contributed by atoms with Crippen molar-refractivity contribution in [2.45, 2.75) is 30.7 Å². The maximum atomic E-state index is 12.7. The molecule has 1 saturated heterocycles. The highest BCUT2D eigenvalue weighted by molar-refractivity contribution is 9.10. The van der Waals surface area contributed by atoms with Crippen LogP contribution in [0.1, 0.15) is 31.4 Å². The number of carbonyl (C=O) groups is 1. The highest BCUT2D eigenvalue weighted by Gasteiger charge is 2.32. The summed E-state index contributed by atoms with van der Waals surface area (Å²) in [6.07, 6.45) is 1.07. The van der Waals surface area contributed by atoms with Crippen molar-refractivity contribution >= 4 is 31.9 Å². The summed E-state index contributed by atoms with van der Waals surface area (Å²) in [7, 11) is -3.48. The number of amides is 1. The molecule has 5 nitrogen and oxygen atoms in total. The fourth-order valence-corrected chi connectivity index (χ4v) is 5.02. The number of halogens is 1. The third kappa shape index (κ3) is 4.78. The van der Waals surface area contributed by atoms with Crippen LogP contribution in [0.4, 0.5) is 0 Å². The lowest BCUT2D eigenvalue weighted by molar-refractivity contribution is -0.126. The molecule has 144 valence electrons. The second-order valence-corrected chi connectivity index (χ2v) is 9.63. The maximum Gasteiger partial charge on any atom is 0.243 e. The highest BCUT2D eigenvalue weighted by atomic mass is 79.9. The lowest BCUT2D eigenvalue weighted by atomic mass is 9.96. The van der Waals surface area contributed by atoms with E-state index in [1.807, 2.05) is 31.2 Å². The number of hydrogen-bond acceptors (Lipinski definition) is 3. The Kier molecular flexibility index (Phi) is 6.34. The van der Waals surface area contributed by atoms with Gasteiger partial charge in [0.15, 0.2) is 0 Å². The van der Waals surface area contributed by atoms with E-state index in [1.165, 1.54) is 4.31 Å². The van der Waals surface area contributed by atoms with Gasteiger partial charge in [0.25, 0.3) is 0 Å². The van der Waals surface area contributed by atoms with Crippen LogP contribution in [0, 0.1) is 5.92 Å². The Morgan fingerprint density at radius 2 is 1.67 bits per heavy atom. The normalized spacial score (nSPS) is 17.4. The van der Waals surface area contributed by atoms with Crippen molar-refractivity contribution in [1.29, 1.82) is 0 Å². The molecule has 1 amide bonds. The smallest absolute Gasteiger partial charge is 0.243 e. The van der Waals surface area contributed by atoms with Crippen LogP contribution in [0.2, 0.25) is 0 Å². The van der Waals surface area contributed by atoms with Crippen molar-refractivity contribution in [3.63, 3.8) is 0 Å². The molecule has 1 heterocycles. The molecular weight excluding hydrogens is 428 g/mol. The van der Waals surface area contributed by atoms with Crippen LogP contribution in [0.5, 0.6) is 0 Å². The van der Waals surface area contributed by atoms with Crippen LogP contribution in [0.15, 0.2) is 64.0 Å². The van der Waals surface area contributed by atoms with Gasteiger partial charge in [-0.15, -0.1) is 0 Å². The van der Waals surface area contributed by atoms with Crippen LogP contribution in [-0.2, 0) is 14.8 Å². The van der Waals surface area contributed by atoms with Gasteiger partial charge in [0.2, 0.25) is 15.9 Å². The Hall–Kier alpha value is -1.70. The van der Waals surface area contributed by atoms with Crippen molar-refractivity contribution < 1.29 is 13.2 Å². The summed E-state index contributed by atoms with van der Waals surface area (Å²) in [5.41, 5.74) is 1.04. The largest absolute Gasteiger partial charge is 0.349 e. The van der Waals surface area contributed by atoms with E-state index in [4.69, 9.17) is 0 Å². The Bertz CT molecular complexity index is 877. The van der Waals surface area contributed by atoms with Gasteiger partial charge in [-0.1, -0.05) is 46.3 Å². The SMILES string of the molecule is CC(NC(=O)C1CCN(S(=O)(=O)c2ccccc2)CC1)c1ccc(Br)cc1. The Labute approximate surface area is 169 Å². The van der Waals surface area contributed by atoms with E-state index in [9.17, 15) is 13.2 Å². The second kappa shape index (κ2) is 8.54. The lowest BCUT2D eigenvalue weighted by Gasteiger charge is -2.31. The first-order chi connectivity index (χ1) is 12.9. The first kappa shape index (κ1) is 20.0. The molecule has 0 bridgehead atoms. The molecule has 0 saturated carbocycles. The summed E-state index contributed by atoms with van der Waals surface area (Å²) in [5.74, 6) is -0.174. The fourth-order valence-electron chi connectivity index (χ4n) is 3.27. The molecule has 0 aromatic heterocycles. The maximum absolute atomic E-state index is 12.7. The lowest BCUT2D eigenvalue weighted by Crippen LogP contribution is -2.43. The molecule has 3 rings (SSSR count). The average molecular weight is 451 g/mol. The van der Waals surface area contributed by atoms with Crippen LogP contribution in [0.25, 0.3) is 0 Å². The summed E-state index contributed by atoms with van der Waals surface area (Å²) in [4.78, 5) is 12.9. The fraction of sp³-hybridized carbons (Fsp3) is 0.350. The van der Waals surface area contributed by atoms with E-state index in [-0.39, 0.29) is 17.9 Å². The third-order valence-corrected chi connectivity index (χ3v) is 7.38. The average Bonchev–Trinajstić information content (AvgIpc) is 2.69. The van der Waals surface area contributed by atoms with Crippen molar-refractivity contribution in [2.75, 3.05) is 13.1 Å². The predicted molar refractivity (Wildman–Crippen MR) is 109 cm³/mol. The van der Waals surface area contributed by atoms with E-state index < -0.39 is 10.0 Å². The molecule has 0 aliphatic carbocycles. The summed E-state index contributed by atoms with van der Waals surface area (Å²) in [6, 6.07) is 16.2. The van der Waals surface area contributed by atoms with Gasteiger partial charge >= 0.3 is 0 Å². The van der Waals surface area contributed by atoms with Gasteiger partial charge < -0.3 is 5.32 Å². The first-order valence-electron chi connectivity index (χ1n) is 8.99. The van der Waals surface area contributed by atoms with Gasteiger partial charge in [0.05, 0.1) is 10.9 Å². The van der Waals surface area contributed by atoms with Gasteiger partial charge in [0, 0.05) is 23.5 Å². The van der Waals surface area contributed by atoms with Crippen molar-refractivity contribution in [2.24, 2.45) is 5.92 Å². The van der Waals surface area contributed by atoms with Crippen LogP contribution < -0.4 is 5.32 Å². The van der Waals surface area contributed by atoms with Gasteiger partial charge in [0.1, 0.15) is 0 Å². The molecule has 1 N–H and O–H groups in total.